The van der Waals surface area contributed by atoms with Crippen LogP contribution in [0.5, 0.6) is 11.5 Å². The third kappa shape index (κ3) is 3.92. The first kappa shape index (κ1) is 17.8. The summed E-state index contributed by atoms with van der Waals surface area (Å²) in [6, 6.07) is 12.1. The molecule has 1 N–H and O–H groups in total. The largest absolute Gasteiger partial charge is 0.493 e. The molecule has 0 radical (unpaired) electrons. The fourth-order valence-electron chi connectivity index (χ4n) is 3.87. The third-order valence-electron chi connectivity index (χ3n) is 5.46. The van der Waals surface area contributed by atoms with Gasteiger partial charge in [0.2, 0.25) is 5.91 Å². The molecule has 2 saturated carbocycles. The van der Waals surface area contributed by atoms with Crippen molar-refractivity contribution < 1.29 is 18.7 Å². The molecule has 0 spiro atoms. The van der Waals surface area contributed by atoms with Crippen molar-refractivity contribution >= 4 is 11.6 Å². The molecule has 0 aliphatic heterocycles. The number of ether oxygens (including phenoxy) is 2. The summed E-state index contributed by atoms with van der Waals surface area (Å²) < 4.78 is 25.4. The van der Waals surface area contributed by atoms with Crippen LogP contribution in [0.3, 0.4) is 0 Å². The van der Waals surface area contributed by atoms with E-state index in [0.717, 1.165) is 12.8 Å². The highest BCUT2D eigenvalue weighted by atomic mass is 19.1. The monoisotopic (exact) mass is 369 g/mol. The topological polar surface area (TPSA) is 47.6 Å². The first-order valence-corrected chi connectivity index (χ1v) is 9.55. The molecule has 0 aromatic heterocycles. The normalized spacial score (nSPS) is 21.7. The van der Waals surface area contributed by atoms with Crippen molar-refractivity contribution in [2.45, 2.75) is 44.1 Å². The number of amides is 1. The summed E-state index contributed by atoms with van der Waals surface area (Å²) in [5.74, 6) is 0.760. The molecular weight excluding hydrogens is 345 g/mol. The number of carbonyl (C=O) groups excluding carboxylic acids is 1. The van der Waals surface area contributed by atoms with Gasteiger partial charge in [-0.15, -0.1) is 0 Å². The predicted molar refractivity (Wildman–Crippen MR) is 102 cm³/mol. The Morgan fingerprint density at radius 3 is 2.63 bits per heavy atom. The van der Waals surface area contributed by atoms with E-state index in [9.17, 15) is 9.18 Å². The highest BCUT2D eigenvalue weighted by molar-refractivity contribution is 5.95. The minimum absolute atomic E-state index is 0.0429. The zero-order valence-corrected chi connectivity index (χ0v) is 15.4. The molecule has 2 atom stereocenters. The summed E-state index contributed by atoms with van der Waals surface area (Å²) in [7, 11) is 1.61. The fourth-order valence-corrected chi connectivity index (χ4v) is 3.87. The Kier molecular flexibility index (Phi) is 5.01. The molecule has 2 aliphatic carbocycles. The van der Waals surface area contributed by atoms with E-state index in [1.54, 1.807) is 31.4 Å². The van der Waals surface area contributed by atoms with Crippen LogP contribution in [0.4, 0.5) is 10.1 Å². The van der Waals surface area contributed by atoms with E-state index >= 15 is 0 Å². The van der Waals surface area contributed by atoms with Crippen LogP contribution >= 0.6 is 0 Å². The fraction of sp³-hybridized carbons (Fsp3) is 0.409. The van der Waals surface area contributed by atoms with E-state index in [1.807, 2.05) is 12.1 Å². The lowest BCUT2D eigenvalue weighted by Crippen LogP contribution is -2.15. The Labute approximate surface area is 158 Å². The Morgan fingerprint density at radius 1 is 1.11 bits per heavy atom. The van der Waals surface area contributed by atoms with E-state index in [2.05, 4.69) is 5.32 Å². The quantitative estimate of drug-likeness (QED) is 0.788. The summed E-state index contributed by atoms with van der Waals surface area (Å²) in [4.78, 5) is 12.6. The molecule has 0 bridgehead atoms. The van der Waals surface area contributed by atoms with Crippen molar-refractivity contribution in [2.75, 3.05) is 12.4 Å². The molecule has 2 aromatic carbocycles. The molecule has 1 amide bonds. The summed E-state index contributed by atoms with van der Waals surface area (Å²) in [6.45, 7) is 0. The van der Waals surface area contributed by atoms with Gasteiger partial charge in [-0.2, -0.15) is 0 Å². The molecule has 4 rings (SSSR count). The van der Waals surface area contributed by atoms with Gasteiger partial charge in [0.1, 0.15) is 5.82 Å². The number of carbonyl (C=O) groups is 1. The molecule has 27 heavy (non-hydrogen) atoms. The van der Waals surface area contributed by atoms with Gasteiger partial charge in [-0.05, 0) is 61.8 Å². The number of methoxy groups -OCH3 is 1. The minimum Gasteiger partial charge on any atom is -0.493 e. The lowest BCUT2D eigenvalue weighted by Gasteiger charge is -2.17. The molecular formula is C22H24FNO3. The minimum atomic E-state index is -0.241. The zero-order valence-electron chi connectivity index (χ0n) is 15.4. The molecule has 2 unspecified atom stereocenters. The van der Waals surface area contributed by atoms with E-state index in [4.69, 9.17) is 9.47 Å². The molecule has 142 valence electrons. The molecule has 4 nitrogen and oxygen atoms in total. The van der Waals surface area contributed by atoms with Crippen molar-refractivity contribution in [1.82, 2.24) is 0 Å². The molecule has 2 fully saturated rings. The highest BCUT2D eigenvalue weighted by Gasteiger charge is 2.45. The van der Waals surface area contributed by atoms with Crippen LogP contribution in [0.1, 0.15) is 43.6 Å². The van der Waals surface area contributed by atoms with Crippen molar-refractivity contribution in [2.24, 2.45) is 5.92 Å². The Bertz CT molecular complexity index is 832. The molecule has 5 heteroatoms. The van der Waals surface area contributed by atoms with Crippen molar-refractivity contribution in [3.63, 3.8) is 0 Å². The van der Waals surface area contributed by atoms with Crippen molar-refractivity contribution in [3.05, 3.63) is 53.8 Å². The van der Waals surface area contributed by atoms with Crippen molar-refractivity contribution in [1.29, 1.82) is 0 Å². The maximum Gasteiger partial charge on any atom is 0.228 e. The summed E-state index contributed by atoms with van der Waals surface area (Å²) >= 11 is 0. The number of anilines is 1. The second kappa shape index (κ2) is 7.59. The lowest BCUT2D eigenvalue weighted by molar-refractivity contribution is -0.117. The van der Waals surface area contributed by atoms with E-state index in [1.165, 1.54) is 18.9 Å². The first-order valence-electron chi connectivity index (χ1n) is 9.55. The number of hydrogen-bond donors (Lipinski definition) is 1. The summed E-state index contributed by atoms with van der Waals surface area (Å²) in [6.07, 6.45) is 5.34. The summed E-state index contributed by atoms with van der Waals surface area (Å²) in [5, 5.41) is 2.94. The number of halogens is 1. The maximum atomic E-state index is 13.9. The second-order valence-corrected chi connectivity index (χ2v) is 7.35. The smallest absolute Gasteiger partial charge is 0.228 e. The molecule has 0 heterocycles. The highest BCUT2D eigenvalue weighted by Crippen LogP contribution is 2.49. The van der Waals surface area contributed by atoms with Gasteiger partial charge in [0.05, 0.1) is 13.2 Å². The first-order chi connectivity index (χ1) is 13.2. The second-order valence-electron chi connectivity index (χ2n) is 7.35. The third-order valence-corrected chi connectivity index (χ3v) is 5.46. The van der Waals surface area contributed by atoms with Gasteiger partial charge in [-0.25, -0.2) is 4.39 Å². The number of hydrogen-bond acceptors (Lipinski definition) is 3. The molecule has 2 aliphatic rings. The predicted octanol–water partition coefficient (Wildman–Crippen LogP) is 4.90. The standard InChI is InChI=1S/C22H24FNO3/c1-26-20-11-10-14(12-21(20)27-15-6-2-3-7-15)24-22(25)18-13-17(18)16-8-4-5-9-19(16)23/h4-5,8-12,15,17-18H,2-3,6-7,13H2,1H3,(H,24,25). The molecule has 0 saturated heterocycles. The number of benzene rings is 2. The zero-order chi connectivity index (χ0) is 18.8. The SMILES string of the molecule is COc1ccc(NC(=O)C2CC2c2ccccc2F)cc1OC1CCCC1. The van der Waals surface area contributed by atoms with Gasteiger partial charge in [0.25, 0.3) is 0 Å². The van der Waals surface area contributed by atoms with Gasteiger partial charge < -0.3 is 14.8 Å². The van der Waals surface area contributed by atoms with Gasteiger partial charge in [-0.1, -0.05) is 18.2 Å². The Balaban J connectivity index is 1.43. The van der Waals surface area contributed by atoms with Crippen molar-refractivity contribution in [3.8, 4) is 11.5 Å². The number of rotatable bonds is 6. The number of nitrogens with one attached hydrogen (secondary N) is 1. The Morgan fingerprint density at radius 2 is 1.89 bits per heavy atom. The Hall–Kier alpha value is -2.56. The van der Waals surface area contributed by atoms with Crippen LogP contribution in [0.2, 0.25) is 0 Å². The van der Waals surface area contributed by atoms with Crippen LogP contribution in [-0.4, -0.2) is 19.1 Å². The van der Waals surface area contributed by atoms with Crippen LogP contribution in [0.25, 0.3) is 0 Å². The lowest BCUT2D eigenvalue weighted by atomic mass is 10.1. The van der Waals surface area contributed by atoms with Crippen LogP contribution in [0.15, 0.2) is 42.5 Å². The average Bonchev–Trinajstić information content (AvgIpc) is 3.30. The van der Waals surface area contributed by atoms with Gasteiger partial charge >= 0.3 is 0 Å². The van der Waals surface area contributed by atoms with Gasteiger partial charge in [0, 0.05) is 17.7 Å². The van der Waals surface area contributed by atoms with Gasteiger partial charge in [-0.3, -0.25) is 4.79 Å². The van der Waals surface area contributed by atoms with E-state index in [-0.39, 0.29) is 29.7 Å². The van der Waals surface area contributed by atoms with Crippen LogP contribution < -0.4 is 14.8 Å². The van der Waals surface area contributed by atoms with E-state index in [0.29, 0.717) is 29.2 Å². The molecule has 2 aromatic rings. The van der Waals surface area contributed by atoms with Crippen LogP contribution in [0, 0.1) is 11.7 Å². The van der Waals surface area contributed by atoms with Gasteiger partial charge in [0.15, 0.2) is 11.5 Å². The average molecular weight is 369 g/mol. The maximum absolute atomic E-state index is 13.9. The van der Waals surface area contributed by atoms with Crippen LogP contribution in [-0.2, 0) is 4.79 Å². The summed E-state index contributed by atoms with van der Waals surface area (Å²) in [5.41, 5.74) is 1.30. The van der Waals surface area contributed by atoms with E-state index < -0.39 is 0 Å².